The lowest BCUT2D eigenvalue weighted by Crippen LogP contribution is -2.49. The number of benzene rings is 1. The van der Waals surface area contributed by atoms with E-state index in [-0.39, 0.29) is 11.8 Å². The van der Waals surface area contributed by atoms with Crippen molar-refractivity contribution in [1.29, 1.82) is 0 Å². The summed E-state index contributed by atoms with van der Waals surface area (Å²) in [5.74, 6) is -0.428. The van der Waals surface area contributed by atoms with Gasteiger partial charge >= 0.3 is 0 Å². The van der Waals surface area contributed by atoms with E-state index in [0.29, 0.717) is 12.0 Å². The van der Waals surface area contributed by atoms with E-state index >= 15 is 0 Å². The minimum absolute atomic E-state index is 0.132. The van der Waals surface area contributed by atoms with Gasteiger partial charge in [0.15, 0.2) is 0 Å². The molecule has 170 valence electrons. The van der Waals surface area contributed by atoms with Crippen LogP contribution in [0.3, 0.4) is 0 Å². The zero-order valence-corrected chi connectivity index (χ0v) is 19.4. The molecule has 0 spiro atoms. The highest BCUT2D eigenvalue weighted by Gasteiger charge is 2.36. The SMILES string of the molecule is CCCCCCCCCCCCC1(C(=O)NNC(=O)c2ccccc2)C=CC(C)=CC1. The van der Waals surface area contributed by atoms with E-state index in [9.17, 15) is 9.59 Å². The summed E-state index contributed by atoms with van der Waals surface area (Å²) in [6, 6.07) is 8.93. The fraction of sp³-hybridized carbons (Fsp3) is 0.556. The maximum atomic E-state index is 13.0. The van der Waals surface area contributed by atoms with Gasteiger partial charge in [0.2, 0.25) is 5.91 Å². The molecular formula is C27H40N2O2. The van der Waals surface area contributed by atoms with Gasteiger partial charge in [-0.3, -0.25) is 20.4 Å². The minimum Gasteiger partial charge on any atom is -0.272 e. The first-order valence-corrected chi connectivity index (χ1v) is 12.1. The molecular weight excluding hydrogens is 384 g/mol. The van der Waals surface area contributed by atoms with Crippen LogP contribution in [0.15, 0.2) is 54.1 Å². The second-order valence-electron chi connectivity index (χ2n) is 8.85. The van der Waals surface area contributed by atoms with Crippen LogP contribution in [-0.2, 0) is 4.79 Å². The molecule has 0 radical (unpaired) electrons. The molecule has 0 fully saturated rings. The van der Waals surface area contributed by atoms with Gasteiger partial charge in [0, 0.05) is 5.56 Å². The van der Waals surface area contributed by atoms with Crippen LogP contribution in [0, 0.1) is 5.41 Å². The molecule has 2 N–H and O–H groups in total. The lowest BCUT2D eigenvalue weighted by atomic mass is 9.75. The van der Waals surface area contributed by atoms with E-state index in [1.165, 1.54) is 56.9 Å². The van der Waals surface area contributed by atoms with Crippen LogP contribution >= 0.6 is 0 Å². The van der Waals surface area contributed by atoms with Crippen molar-refractivity contribution in [1.82, 2.24) is 10.9 Å². The van der Waals surface area contributed by atoms with Gasteiger partial charge in [0.25, 0.3) is 5.91 Å². The molecule has 0 heterocycles. The quantitative estimate of drug-likeness (QED) is 0.275. The molecule has 0 aromatic heterocycles. The molecule has 0 bridgehead atoms. The van der Waals surface area contributed by atoms with E-state index < -0.39 is 5.41 Å². The first-order chi connectivity index (χ1) is 15.1. The van der Waals surface area contributed by atoms with Gasteiger partial charge in [-0.15, -0.1) is 0 Å². The fourth-order valence-electron chi connectivity index (χ4n) is 4.07. The van der Waals surface area contributed by atoms with Crippen molar-refractivity contribution in [2.45, 2.75) is 90.9 Å². The fourth-order valence-corrected chi connectivity index (χ4v) is 4.07. The molecule has 1 unspecified atom stereocenters. The Balaban J connectivity index is 1.76. The molecule has 0 saturated carbocycles. The molecule has 0 saturated heterocycles. The lowest BCUT2D eigenvalue weighted by molar-refractivity contribution is -0.129. The third kappa shape index (κ3) is 8.72. The molecule has 1 aromatic rings. The third-order valence-corrected chi connectivity index (χ3v) is 6.21. The average Bonchev–Trinajstić information content (AvgIpc) is 2.80. The summed E-state index contributed by atoms with van der Waals surface area (Å²) in [6.07, 6.45) is 20.4. The number of hydrogen-bond acceptors (Lipinski definition) is 2. The Morgan fingerprint density at radius 3 is 2.06 bits per heavy atom. The first-order valence-electron chi connectivity index (χ1n) is 12.1. The Kier molecular flexibility index (Phi) is 11.1. The molecule has 1 aliphatic carbocycles. The average molecular weight is 425 g/mol. The van der Waals surface area contributed by atoms with Crippen LogP contribution in [0.1, 0.15) is 101 Å². The summed E-state index contributed by atoms with van der Waals surface area (Å²) in [5.41, 5.74) is 6.38. The number of carbonyl (C=O) groups is 2. The monoisotopic (exact) mass is 424 g/mol. The maximum absolute atomic E-state index is 13.0. The van der Waals surface area contributed by atoms with Crippen molar-refractivity contribution in [2.24, 2.45) is 5.41 Å². The second-order valence-corrected chi connectivity index (χ2v) is 8.85. The highest BCUT2D eigenvalue weighted by Crippen LogP contribution is 2.35. The lowest BCUT2D eigenvalue weighted by Gasteiger charge is -2.31. The number of amides is 2. The van der Waals surface area contributed by atoms with Gasteiger partial charge < -0.3 is 0 Å². The van der Waals surface area contributed by atoms with Crippen LogP contribution in [0.25, 0.3) is 0 Å². The van der Waals surface area contributed by atoms with Crippen LogP contribution in [0.2, 0.25) is 0 Å². The van der Waals surface area contributed by atoms with Crippen LogP contribution < -0.4 is 10.9 Å². The number of allylic oxidation sites excluding steroid dienone is 3. The van der Waals surface area contributed by atoms with E-state index in [2.05, 4.69) is 30.8 Å². The Labute approximate surface area is 188 Å². The topological polar surface area (TPSA) is 58.2 Å². The number of rotatable bonds is 13. The molecule has 0 aliphatic heterocycles. The van der Waals surface area contributed by atoms with Crippen molar-refractivity contribution < 1.29 is 9.59 Å². The molecule has 31 heavy (non-hydrogen) atoms. The Bertz CT molecular complexity index is 739. The number of hydrogen-bond donors (Lipinski definition) is 2. The summed E-state index contributed by atoms with van der Waals surface area (Å²) in [4.78, 5) is 25.3. The van der Waals surface area contributed by atoms with E-state index in [4.69, 9.17) is 0 Å². The Morgan fingerprint density at radius 1 is 0.871 bits per heavy atom. The molecule has 1 aliphatic rings. The summed E-state index contributed by atoms with van der Waals surface area (Å²) in [6.45, 7) is 4.30. The summed E-state index contributed by atoms with van der Waals surface area (Å²) in [5, 5.41) is 0. The van der Waals surface area contributed by atoms with Gasteiger partial charge in [0.1, 0.15) is 0 Å². The summed E-state index contributed by atoms with van der Waals surface area (Å²) in [7, 11) is 0. The number of nitrogens with one attached hydrogen (secondary N) is 2. The highest BCUT2D eigenvalue weighted by atomic mass is 16.2. The number of carbonyl (C=O) groups excluding carboxylic acids is 2. The zero-order chi connectivity index (χ0) is 22.4. The van der Waals surface area contributed by atoms with Crippen molar-refractivity contribution >= 4 is 11.8 Å². The smallest absolute Gasteiger partial charge is 0.269 e. The first kappa shape index (κ1) is 24.9. The van der Waals surface area contributed by atoms with Crippen LogP contribution in [0.4, 0.5) is 0 Å². The van der Waals surface area contributed by atoms with Gasteiger partial charge in [-0.1, -0.05) is 113 Å². The number of unbranched alkanes of at least 4 members (excludes halogenated alkanes) is 9. The van der Waals surface area contributed by atoms with Crippen LogP contribution in [0.5, 0.6) is 0 Å². The molecule has 4 nitrogen and oxygen atoms in total. The highest BCUT2D eigenvalue weighted by molar-refractivity contribution is 5.96. The van der Waals surface area contributed by atoms with E-state index in [1.807, 2.05) is 18.2 Å². The minimum atomic E-state index is -0.580. The van der Waals surface area contributed by atoms with Gasteiger partial charge in [-0.2, -0.15) is 0 Å². The Morgan fingerprint density at radius 2 is 1.48 bits per heavy atom. The van der Waals surface area contributed by atoms with Crippen molar-refractivity contribution in [3.63, 3.8) is 0 Å². The zero-order valence-electron chi connectivity index (χ0n) is 19.4. The second kappa shape index (κ2) is 13.8. The predicted octanol–water partition coefficient (Wildman–Crippen LogP) is 6.65. The van der Waals surface area contributed by atoms with Crippen molar-refractivity contribution in [2.75, 3.05) is 0 Å². The maximum Gasteiger partial charge on any atom is 0.269 e. The molecule has 4 heteroatoms. The van der Waals surface area contributed by atoms with Crippen molar-refractivity contribution in [3.05, 3.63) is 59.7 Å². The molecule has 1 atom stereocenters. The largest absolute Gasteiger partial charge is 0.272 e. The van der Waals surface area contributed by atoms with Crippen LogP contribution in [-0.4, -0.2) is 11.8 Å². The van der Waals surface area contributed by atoms with Gasteiger partial charge in [-0.05, 0) is 31.9 Å². The molecule has 2 rings (SSSR count). The molecule has 2 amide bonds. The van der Waals surface area contributed by atoms with Gasteiger partial charge in [-0.25, -0.2) is 0 Å². The third-order valence-electron chi connectivity index (χ3n) is 6.21. The standard InChI is InChI=1S/C27H40N2O2/c1-3-4-5-6-7-8-9-10-11-15-20-27(21-18-23(2)19-22-27)26(31)29-28-25(30)24-16-13-12-14-17-24/h12-14,16-19,21H,3-11,15,20,22H2,1-2H3,(H,28,30)(H,29,31). The van der Waals surface area contributed by atoms with Gasteiger partial charge in [0.05, 0.1) is 5.41 Å². The van der Waals surface area contributed by atoms with E-state index in [1.54, 1.807) is 24.3 Å². The van der Waals surface area contributed by atoms with Crippen molar-refractivity contribution in [3.8, 4) is 0 Å². The summed E-state index contributed by atoms with van der Waals surface area (Å²) >= 11 is 0. The van der Waals surface area contributed by atoms with E-state index in [0.717, 1.165) is 19.3 Å². The molecule has 1 aromatic carbocycles. The predicted molar refractivity (Wildman–Crippen MR) is 128 cm³/mol. The number of hydrazine groups is 1. The Hall–Kier alpha value is -2.36. The normalized spacial score (nSPS) is 17.8. The summed E-state index contributed by atoms with van der Waals surface area (Å²) < 4.78 is 0.